The molecule has 2 saturated heterocycles. The number of phenolic OH excluding ortho intramolecular Hbond substituents is 2. The fraction of sp³-hybridized carbons (Fsp3) is 0.231. The van der Waals surface area contributed by atoms with Crippen molar-refractivity contribution in [1.29, 1.82) is 0 Å². The molecule has 2 aliphatic heterocycles. The number of phenols is 2. The number of hydrogen-bond acceptors (Lipinski definition) is 10. The molecule has 2 aromatic rings. The van der Waals surface area contributed by atoms with Gasteiger partial charge in [-0.3, -0.25) is 29.0 Å². The molecule has 0 radical (unpaired) electrons. The van der Waals surface area contributed by atoms with Gasteiger partial charge in [0.2, 0.25) is 11.8 Å². The molecule has 0 saturated carbocycles. The summed E-state index contributed by atoms with van der Waals surface area (Å²) in [5.74, 6) is -1.55. The second-order valence-corrected chi connectivity index (χ2v) is 11.9. The van der Waals surface area contributed by atoms with Crippen LogP contribution in [-0.4, -0.2) is 65.4 Å². The van der Waals surface area contributed by atoms with E-state index in [4.69, 9.17) is 24.4 Å². The van der Waals surface area contributed by atoms with Crippen molar-refractivity contribution in [3.8, 4) is 11.5 Å². The van der Waals surface area contributed by atoms with E-state index < -0.39 is 11.8 Å². The molecule has 4 N–H and O–H groups in total. The Morgan fingerprint density at radius 1 is 0.700 bits per heavy atom. The van der Waals surface area contributed by atoms with Gasteiger partial charge in [0.25, 0.3) is 11.8 Å². The summed E-state index contributed by atoms with van der Waals surface area (Å²) in [6.07, 6.45) is 0.840. The minimum absolute atomic E-state index is 0.0409. The molecule has 4 amide bonds. The first kappa shape index (κ1) is 29.5. The smallest absolute Gasteiger partial charge is 0.267 e. The first-order valence-corrected chi connectivity index (χ1v) is 14.6. The van der Waals surface area contributed by atoms with E-state index in [1.165, 1.54) is 21.9 Å². The lowest BCUT2D eigenvalue weighted by Gasteiger charge is -2.15. The van der Waals surface area contributed by atoms with E-state index in [1.807, 2.05) is 0 Å². The monoisotopic (exact) mass is 616 g/mol. The molecule has 2 aliphatic rings. The number of thiocarbonyl (C=S) groups is 2. The number of para-hydroxylation sites is 4. The van der Waals surface area contributed by atoms with Gasteiger partial charge in [-0.1, -0.05) is 72.2 Å². The van der Waals surface area contributed by atoms with Crippen molar-refractivity contribution >= 4 is 91.6 Å². The Bertz CT molecular complexity index is 1320. The third-order valence-corrected chi connectivity index (χ3v) is 8.86. The van der Waals surface area contributed by atoms with Crippen molar-refractivity contribution in [2.24, 2.45) is 0 Å². The number of rotatable bonds is 10. The van der Waals surface area contributed by atoms with E-state index in [0.717, 1.165) is 23.5 Å². The molecular weight excluding hydrogens is 593 g/mol. The van der Waals surface area contributed by atoms with Crippen LogP contribution in [0.4, 0.5) is 11.4 Å². The molecule has 0 bridgehead atoms. The molecule has 0 atom stereocenters. The third kappa shape index (κ3) is 6.99. The standard InChI is InChI=1S/C26H24N4O6S4/c31-17-9-3-1-7-15(17)27-19(33)11-5-13-29-23(35)21(39-25(29)37)22-24(36)30(26(38)40-22)14-6-12-20(34)28-16-8-2-4-10-18(16)32/h1-4,7-10,31-32H,5-6,11-14H2,(H,27,33)(H,28,34). The molecule has 0 aliphatic carbocycles. The van der Waals surface area contributed by atoms with E-state index in [0.29, 0.717) is 24.2 Å². The van der Waals surface area contributed by atoms with Crippen LogP contribution in [0.5, 0.6) is 11.5 Å². The lowest BCUT2D eigenvalue weighted by molar-refractivity contribution is -0.124. The highest BCUT2D eigenvalue weighted by Gasteiger charge is 2.41. The number of benzene rings is 2. The van der Waals surface area contributed by atoms with Crippen LogP contribution in [0.2, 0.25) is 0 Å². The Hall–Kier alpha value is -3.46. The second-order valence-electron chi connectivity index (χ2n) is 8.65. The van der Waals surface area contributed by atoms with Gasteiger partial charge in [-0.15, -0.1) is 0 Å². The van der Waals surface area contributed by atoms with Gasteiger partial charge >= 0.3 is 0 Å². The van der Waals surface area contributed by atoms with Crippen LogP contribution in [-0.2, 0) is 19.2 Å². The van der Waals surface area contributed by atoms with Gasteiger partial charge < -0.3 is 20.8 Å². The molecule has 2 heterocycles. The highest BCUT2D eigenvalue weighted by molar-refractivity contribution is 8.29. The number of nitrogens with zero attached hydrogens (tertiary/aromatic N) is 2. The predicted octanol–water partition coefficient (Wildman–Crippen LogP) is 4.17. The largest absolute Gasteiger partial charge is 0.506 e. The number of carbonyl (C=O) groups excluding carboxylic acids is 4. The summed E-state index contributed by atoms with van der Waals surface area (Å²) in [4.78, 5) is 53.8. The SMILES string of the molecule is O=C(CCCN1C(=O)C(=C2SC(=S)N(CCCC(=O)Nc3ccccc3O)C2=O)SC1=S)Nc1ccccc1O. The van der Waals surface area contributed by atoms with Gasteiger partial charge in [-0.2, -0.15) is 0 Å². The van der Waals surface area contributed by atoms with E-state index in [2.05, 4.69) is 10.6 Å². The van der Waals surface area contributed by atoms with E-state index in [-0.39, 0.29) is 67.7 Å². The molecule has 2 fully saturated rings. The zero-order chi connectivity index (χ0) is 28.8. The van der Waals surface area contributed by atoms with Crippen LogP contribution in [0.3, 0.4) is 0 Å². The van der Waals surface area contributed by atoms with Gasteiger partial charge in [-0.05, 0) is 37.1 Å². The molecule has 14 heteroatoms. The Morgan fingerprint density at radius 3 is 1.45 bits per heavy atom. The van der Waals surface area contributed by atoms with Gasteiger partial charge in [0.1, 0.15) is 20.1 Å². The van der Waals surface area contributed by atoms with E-state index >= 15 is 0 Å². The zero-order valence-corrected chi connectivity index (χ0v) is 24.2. The fourth-order valence-electron chi connectivity index (χ4n) is 3.84. The fourth-order valence-corrected chi connectivity index (χ4v) is 6.61. The highest BCUT2D eigenvalue weighted by atomic mass is 32.2. The van der Waals surface area contributed by atoms with Crippen LogP contribution in [0, 0.1) is 0 Å². The van der Waals surface area contributed by atoms with Crippen molar-refractivity contribution < 1.29 is 29.4 Å². The molecule has 0 spiro atoms. The minimum Gasteiger partial charge on any atom is -0.506 e. The van der Waals surface area contributed by atoms with Gasteiger partial charge in [-0.25, -0.2) is 0 Å². The van der Waals surface area contributed by atoms with Crippen LogP contribution in [0.25, 0.3) is 0 Å². The first-order chi connectivity index (χ1) is 19.2. The first-order valence-electron chi connectivity index (χ1n) is 12.1. The Balaban J connectivity index is 1.28. The zero-order valence-electron chi connectivity index (χ0n) is 20.9. The maximum atomic E-state index is 13.1. The van der Waals surface area contributed by atoms with Crippen molar-refractivity contribution in [2.45, 2.75) is 25.7 Å². The molecule has 0 aromatic heterocycles. The number of carbonyl (C=O) groups is 4. The normalized spacial score (nSPS) is 17.1. The average molecular weight is 617 g/mol. The molecule has 4 rings (SSSR count). The summed E-state index contributed by atoms with van der Waals surface area (Å²) in [5, 5.41) is 24.8. The maximum Gasteiger partial charge on any atom is 0.267 e. The highest BCUT2D eigenvalue weighted by Crippen LogP contribution is 2.42. The molecule has 0 unspecified atom stereocenters. The molecule has 208 valence electrons. The van der Waals surface area contributed by atoms with Gasteiger partial charge in [0.15, 0.2) is 0 Å². The quantitative estimate of drug-likeness (QED) is 0.175. The summed E-state index contributed by atoms with van der Waals surface area (Å²) in [5.41, 5.74) is 0.604. The Morgan fingerprint density at radius 2 is 1.07 bits per heavy atom. The van der Waals surface area contributed by atoms with Crippen LogP contribution < -0.4 is 10.6 Å². The minimum atomic E-state index is -0.418. The maximum absolute atomic E-state index is 13.1. The number of anilines is 2. The van der Waals surface area contributed by atoms with Crippen molar-refractivity contribution in [3.63, 3.8) is 0 Å². The lowest BCUT2D eigenvalue weighted by atomic mass is 10.2. The second kappa shape index (κ2) is 13.3. The number of amides is 4. The predicted molar refractivity (Wildman–Crippen MR) is 163 cm³/mol. The van der Waals surface area contributed by atoms with Crippen LogP contribution in [0.1, 0.15) is 25.7 Å². The number of nitrogens with one attached hydrogen (secondary N) is 2. The topological polar surface area (TPSA) is 139 Å². The summed E-state index contributed by atoms with van der Waals surface area (Å²) in [6.45, 7) is 0.378. The summed E-state index contributed by atoms with van der Waals surface area (Å²) in [7, 11) is 0. The summed E-state index contributed by atoms with van der Waals surface area (Å²) < 4.78 is 0.569. The van der Waals surface area contributed by atoms with E-state index in [1.54, 1.807) is 36.4 Å². The number of aromatic hydroxyl groups is 2. The van der Waals surface area contributed by atoms with Crippen LogP contribution in [0.15, 0.2) is 58.3 Å². The molecular formula is C26H24N4O6S4. The van der Waals surface area contributed by atoms with Crippen molar-refractivity contribution in [2.75, 3.05) is 23.7 Å². The van der Waals surface area contributed by atoms with Crippen LogP contribution >= 0.6 is 48.0 Å². The molecule has 10 nitrogen and oxygen atoms in total. The van der Waals surface area contributed by atoms with Gasteiger partial charge in [0.05, 0.1) is 21.2 Å². The van der Waals surface area contributed by atoms with Crippen molar-refractivity contribution in [3.05, 3.63) is 58.3 Å². The summed E-state index contributed by atoms with van der Waals surface area (Å²) >= 11 is 12.8. The Labute approximate surface area is 249 Å². The van der Waals surface area contributed by atoms with Gasteiger partial charge in [0, 0.05) is 25.9 Å². The lowest BCUT2D eigenvalue weighted by Crippen LogP contribution is -2.31. The van der Waals surface area contributed by atoms with Crippen molar-refractivity contribution in [1.82, 2.24) is 9.80 Å². The average Bonchev–Trinajstić information content (AvgIpc) is 3.35. The van der Waals surface area contributed by atoms with E-state index in [9.17, 15) is 29.4 Å². The molecule has 40 heavy (non-hydrogen) atoms. The summed E-state index contributed by atoms with van der Waals surface area (Å²) in [6, 6.07) is 12.8. The Kier molecular flexibility index (Phi) is 9.79. The third-order valence-electron chi connectivity index (χ3n) is 5.83. The molecule has 2 aromatic carbocycles. The number of thioether (sulfide) groups is 2. The number of hydrogen-bond donors (Lipinski definition) is 4.